The van der Waals surface area contributed by atoms with Gasteiger partial charge in [0, 0.05) is 18.0 Å². The number of nitrogens with one attached hydrogen (secondary N) is 1. The lowest BCUT2D eigenvalue weighted by molar-refractivity contribution is 0.206. The Morgan fingerprint density at radius 2 is 2.20 bits per heavy atom. The van der Waals surface area contributed by atoms with Crippen molar-refractivity contribution < 1.29 is 9.53 Å². The predicted molar refractivity (Wildman–Crippen MR) is 80.4 cm³/mol. The van der Waals surface area contributed by atoms with E-state index in [2.05, 4.69) is 16.8 Å². The number of amides is 2. The second kappa shape index (κ2) is 5.54. The number of thiophene rings is 1. The number of methoxy groups -OCH3 is 1. The van der Waals surface area contributed by atoms with E-state index in [-0.39, 0.29) is 6.03 Å². The van der Waals surface area contributed by atoms with Gasteiger partial charge in [0.05, 0.1) is 12.8 Å². The Kier molecular flexibility index (Phi) is 3.60. The molecule has 1 aromatic carbocycles. The summed E-state index contributed by atoms with van der Waals surface area (Å²) in [6.45, 7) is 1.44. The lowest BCUT2D eigenvalue weighted by Gasteiger charge is -2.27. The van der Waals surface area contributed by atoms with Crippen LogP contribution < -0.4 is 10.1 Å². The van der Waals surface area contributed by atoms with Crippen LogP contribution in [0.15, 0.2) is 35.7 Å². The Morgan fingerprint density at radius 3 is 3.05 bits per heavy atom. The number of fused-ring (bicyclic) bond motifs is 1. The number of benzene rings is 1. The van der Waals surface area contributed by atoms with Crippen LogP contribution in [-0.4, -0.2) is 24.6 Å². The van der Waals surface area contributed by atoms with E-state index in [1.807, 2.05) is 29.2 Å². The summed E-state index contributed by atoms with van der Waals surface area (Å²) in [7, 11) is 1.60. The number of hydrogen-bond donors (Lipinski definition) is 1. The number of urea groups is 1. The van der Waals surface area contributed by atoms with E-state index in [1.54, 1.807) is 18.4 Å². The van der Waals surface area contributed by atoms with E-state index < -0.39 is 0 Å². The zero-order valence-corrected chi connectivity index (χ0v) is 12.1. The van der Waals surface area contributed by atoms with Crippen molar-refractivity contribution >= 4 is 23.1 Å². The molecule has 0 saturated heterocycles. The number of rotatable bonds is 2. The lowest BCUT2D eigenvalue weighted by atomic mass is 10.1. The van der Waals surface area contributed by atoms with Gasteiger partial charge in [-0.3, -0.25) is 0 Å². The van der Waals surface area contributed by atoms with Crippen molar-refractivity contribution in [1.82, 2.24) is 4.90 Å². The summed E-state index contributed by atoms with van der Waals surface area (Å²) in [5, 5.41) is 5.01. The van der Waals surface area contributed by atoms with Crippen LogP contribution >= 0.6 is 11.3 Å². The number of nitrogens with zero attached hydrogens (tertiary/aromatic N) is 1. The number of ether oxygens (including phenoxy) is 1. The third kappa shape index (κ3) is 2.49. The smallest absolute Gasteiger partial charge is 0.322 e. The van der Waals surface area contributed by atoms with Gasteiger partial charge in [0.1, 0.15) is 5.75 Å². The fourth-order valence-electron chi connectivity index (χ4n) is 2.36. The number of anilines is 1. The molecule has 0 aliphatic carbocycles. The number of carbonyl (C=O) groups excluding carboxylic acids is 1. The van der Waals surface area contributed by atoms with E-state index in [0.29, 0.717) is 18.0 Å². The summed E-state index contributed by atoms with van der Waals surface area (Å²) in [6.07, 6.45) is 0.937. The highest BCUT2D eigenvalue weighted by molar-refractivity contribution is 7.10. The first-order valence-electron chi connectivity index (χ1n) is 6.52. The number of hydrogen-bond acceptors (Lipinski definition) is 3. The summed E-state index contributed by atoms with van der Waals surface area (Å²) in [5.41, 5.74) is 1.97. The van der Waals surface area contributed by atoms with E-state index in [9.17, 15) is 4.79 Å². The van der Waals surface area contributed by atoms with Crippen molar-refractivity contribution in [2.24, 2.45) is 0 Å². The van der Waals surface area contributed by atoms with Gasteiger partial charge in [0.15, 0.2) is 0 Å². The highest BCUT2D eigenvalue weighted by atomic mass is 32.1. The average Bonchev–Trinajstić information content (AvgIpc) is 2.95. The second-order valence-electron chi connectivity index (χ2n) is 4.67. The molecule has 2 aromatic rings. The summed E-state index contributed by atoms with van der Waals surface area (Å²) in [6, 6.07) is 9.46. The number of para-hydroxylation sites is 2. The van der Waals surface area contributed by atoms with Crippen LogP contribution in [0, 0.1) is 0 Å². The third-order valence-corrected chi connectivity index (χ3v) is 4.47. The van der Waals surface area contributed by atoms with Gasteiger partial charge in [-0.05, 0) is 35.6 Å². The van der Waals surface area contributed by atoms with Gasteiger partial charge in [-0.2, -0.15) is 0 Å². The predicted octanol–water partition coefficient (Wildman–Crippen LogP) is 3.35. The molecule has 0 radical (unpaired) electrons. The molecule has 0 bridgehead atoms. The molecule has 0 fully saturated rings. The Balaban J connectivity index is 1.71. The van der Waals surface area contributed by atoms with Crippen LogP contribution in [0.2, 0.25) is 0 Å². The standard InChI is InChI=1S/C15H16N2O2S/c1-19-13-5-3-2-4-12(13)16-15(18)17-8-6-14-11(10-17)7-9-20-14/h2-5,7,9H,6,8,10H2,1H3,(H,16,18). The molecule has 5 heteroatoms. The highest BCUT2D eigenvalue weighted by Gasteiger charge is 2.21. The molecular formula is C15H16N2O2S. The second-order valence-corrected chi connectivity index (χ2v) is 5.67. The minimum absolute atomic E-state index is 0.0775. The van der Waals surface area contributed by atoms with Crippen LogP contribution in [0.3, 0.4) is 0 Å². The van der Waals surface area contributed by atoms with Crippen molar-refractivity contribution in [3.05, 3.63) is 46.2 Å². The lowest BCUT2D eigenvalue weighted by Crippen LogP contribution is -2.38. The van der Waals surface area contributed by atoms with Crippen molar-refractivity contribution in [2.75, 3.05) is 19.0 Å². The molecule has 1 N–H and O–H groups in total. The summed E-state index contributed by atoms with van der Waals surface area (Å²) < 4.78 is 5.25. The zero-order chi connectivity index (χ0) is 13.9. The topological polar surface area (TPSA) is 41.6 Å². The molecule has 1 aliphatic rings. The van der Waals surface area contributed by atoms with Crippen molar-refractivity contribution in [2.45, 2.75) is 13.0 Å². The molecule has 20 heavy (non-hydrogen) atoms. The number of carbonyl (C=O) groups is 1. The van der Waals surface area contributed by atoms with E-state index in [0.717, 1.165) is 13.0 Å². The molecule has 2 heterocycles. The van der Waals surface area contributed by atoms with Gasteiger partial charge < -0.3 is 15.0 Å². The molecule has 0 spiro atoms. The first kappa shape index (κ1) is 13.0. The molecule has 0 unspecified atom stereocenters. The van der Waals surface area contributed by atoms with Crippen LogP contribution in [0.25, 0.3) is 0 Å². The minimum atomic E-state index is -0.0775. The Hall–Kier alpha value is -2.01. The Morgan fingerprint density at radius 1 is 1.35 bits per heavy atom. The fourth-order valence-corrected chi connectivity index (χ4v) is 3.25. The highest BCUT2D eigenvalue weighted by Crippen LogP contribution is 2.26. The third-order valence-electron chi connectivity index (χ3n) is 3.44. The molecule has 0 saturated carbocycles. The van der Waals surface area contributed by atoms with Gasteiger partial charge in [0.25, 0.3) is 0 Å². The monoisotopic (exact) mass is 288 g/mol. The molecule has 1 aliphatic heterocycles. The van der Waals surface area contributed by atoms with Crippen LogP contribution in [0.1, 0.15) is 10.4 Å². The average molecular weight is 288 g/mol. The molecule has 1 aromatic heterocycles. The molecule has 2 amide bonds. The molecule has 0 atom stereocenters. The van der Waals surface area contributed by atoms with Gasteiger partial charge in [0.2, 0.25) is 0 Å². The quantitative estimate of drug-likeness (QED) is 0.920. The van der Waals surface area contributed by atoms with Gasteiger partial charge >= 0.3 is 6.03 Å². The van der Waals surface area contributed by atoms with Crippen LogP contribution in [-0.2, 0) is 13.0 Å². The Bertz CT molecular complexity index is 624. The SMILES string of the molecule is COc1ccccc1NC(=O)N1CCc2sccc2C1. The maximum absolute atomic E-state index is 12.3. The Labute approximate surface area is 122 Å². The molecule has 3 rings (SSSR count). The van der Waals surface area contributed by atoms with Gasteiger partial charge in [-0.15, -0.1) is 11.3 Å². The normalized spacial score (nSPS) is 13.8. The van der Waals surface area contributed by atoms with E-state index >= 15 is 0 Å². The summed E-state index contributed by atoms with van der Waals surface area (Å²) in [5.74, 6) is 0.675. The minimum Gasteiger partial charge on any atom is -0.495 e. The van der Waals surface area contributed by atoms with Crippen LogP contribution in [0.4, 0.5) is 10.5 Å². The molecule has 4 nitrogen and oxygen atoms in total. The zero-order valence-electron chi connectivity index (χ0n) is 11.3. The maximum atomic E-state index is 12.3. The first-order chi connectivity index (χ1) is 9.78. The first-order valence-corrected chi connectivity index (χ1v) is 7.40. The van der Waals surface area contributed by atoms with E-state index in [1.165, 1.54) is 10.4 Å². The van der Waals surface area contributed by atoms with Crippen molar-refractivity contribution in [3.8, 4) is 5.75 Å². The molecule has 104 valence electrons. The van der Waals surface area contributed by atoms with E-state index in [4.69, 9.17) is 4.74 Å². The van der Waals surface area contributed by atoms with Crippen molar-refractivity contribution in [3.63, 3.8) is 0 Å². The summed E-state index contributed by atoms with van der Waals surface area (Å²) in [4.78, 5) is 15.6. The molecular weight excluding hydrogens is 272 g/mol. The van der Waals surface area contributed by atoms with Crippen molar-refractivity contribution in [1.29, 1.82) is 0 Å². The van der Waals surface area contributed by atoms with Gasteiger partial charge in [-0.25, -0.2) is 4.79 Å². The summed E-state index contributed by atoms with van der Waals surface area (Å²) >= 11 is 1.77. The van der Waals surface area contributed by atoms with Gasteiger partial charge in [-0.1, -0.05) is 12.1 Å². The fraction of sp³-hybridized carbons (Fsp3) is 0.267. The van der Waals surface area contributed by atoms with Crippen LogP contribution in [0.5, 0.6) is 5.75 Å². The largest absolute Gasteiger partial charge is 0.495 e. The maximum Gasteiger partial charge on any atom is 0.322 e.